The Hall–Kier alpha value is -2.76. The number of hydrogen-bond acceptors (Lipinski definition) is 2. The molecular weight excluding hydrogens is 276 g/mol. The maximum absolute atomic E-state index is 13.5. The number of nitrogens with zero attached hydrogens (tertiary/aromatic N) is 2. The zero-order chi connectivity index (χ0) is 15.0. The van der Waals surface area contributed by atoms with E-state index in [1.165, 1.54) is 41.1 Å². The molecule has 0 aliphatic carbocycles. The molecule has 0 aliphatic heterocycles. The highest BCUT2D eigenvalue weighted by atomic mass is 19.1. The number of aromatic nitrogens is 2. The van der Waals surface area contributed by atoms with Gasteiger partial charge in [-0.3, -0.25) is 9.48 Å². The molecule has 0 saturated heterocycles. The Labute approximate surface area is 119 Å². The second-order valence-corrected chi connectivity index (χ2v) is 4.57. The smallest absolute Gasteiger partial charge is 0.276 e. The minimum atomic E-state index is -0.587. The molecule has 0 unspecified atom stereocenters. The number of nitrogens with one attached hydrogen (secondary N) is 1. The number of fused-ring (bicyclic) bond motifs is 1. The van der Waals surface area contributed by atoms with E-state index in [0.717, 1.165) is 0 Å². The highest BCUT2D eigenvalue weighted by molar-refractivity contribution is 6.11. The Morgan fingerprint density at radius 2 is 1.95 bits per heavy atom. The van der Waals surface area contributed by atoms with Gasteiger partial charge in [-0.1, -0.05) is 12.1 Å². The topological polar surface area (TPSA) is 46.9 Å². The van der Waals surface area contributed by atoms with E-state index in [1.54, 1.807) is 13.1 Å². The number of anilines is 1. The van der Waals surface area contributed by atoms with Crippen molar-refractivity contribution in [2.75, 3.05) is 5.32 Å². The molecule has 106 valence electrons. The molecule has 3 aromatic rings. The lowest BCUT2D eigenvalue weighted by atomic mass is 10.2. The van der Waals surface area contributed by atoms with Crippen LogP contribution in [-0.2, 0) is 7.05 Å². The quantitative estimate of drug-likeness (QED) is 0.787. The van der Waals surface area contributed by atoms with Crippen molar-refractivity contribution in [1.29, 1.82) is 0 Å². The first-order chi connectivity index (χ1) is 10.1. The third kappa shape index (κ3) is 2.35. The summed E-state index contributed by atoms with van der Waals surface area (Å²) in [5, 5.41) is 6.89. The number of benzene rings is 2. The van der Waals surface area contributed by atoms with E-state index in [4.69, 9.17) is 0 Å². The second-order valence-electron chi connectivity index (χ2n) is 4.57. The lowest BCUT2D eigenvalue weighted by Crippen LogP contribution is -2.14. The number of rotatable bonds is 2. The van der Waals surface area contributed by atoms with Crippen LogP contribution in [0.2, 0.25) is 0 Å². The molecule has 1 amide bonds. The molecule has 1 heterocycles. The number of halogens is 2. The summed E-state index contributed by atoms with van der Waals surface area (Å²) in [7, 11) is 1.65. The van der Waals surface area contributed by atoms with Crippen LogP contribution in [0.15, 0.2) is 42.5 Å². The fourth-order valence-corrected chi connectivity index (χ4v) is 2.15. The maximum Gasteiger partial charge on any atom is 0.276 e. The fourth-order valence-electron chi connectivity index (χ4n) is 2.15. The summed E-state index contributed by atoms with van der Waals surface area (Å²) in [6, 6.07) is 9.88. The van der Waals surface area contributed by atoms with Crippen molar-refractivity contribution >= 4 is 22.5 Å². The van der Waals surface area contributed by atoms with Crippen LogP contribution >= 0.6 is 0 Å². The van der Waals surface area contributed by atoms with Crippen molar-refractivity contribution in [2.45, 2.75) is 0 Å². The van der Waals surface area contributed by atoms with Crippen LogP contribution in [0.3, 0.4) is 0 Å². The Kier molecular flexibility index (Phi) is 3.13. The monoisotopic (exact) mass is 287 g/mol. The third-order valence-corrected chi connectivity index (χ3v) is 3.15. The molecule has 0 radical (unpaired) electrons. The fraction of sp³-hybridized carbons (Fsp3) is 0.0667. The molecule has 0 atom stereocenters. The first kappa shape index (κ1) is 13.2. The van der Waals surface area contributed by atoms with E-state index < -0.39 is 17.5 Å². The number of carbonyl (C=O) groups excluding carboxylic acids is 1. The van der Waals surface area contributed by atoms with Gasteiger partial charge in [0.2, 0.25) is 0 Å². The second kappa shape index (κ2) is 4.97. The van der Waals surface area contributed by atoms with Gasteiger partial charge < -0.3 is 5.32 Å². The van der Waals surface area contributed by atoms with Gasteiger partial charge in [0.15, 0.2) is 5.69 Å². The largest absolute Gasteiger partial charge is 0.318 e. The summed E-state index contributed by atoms with van der Waals surface area (Å²) in [4.78, 5) is 12.2. The molecule has 2 aromatic carbocycles. The number of aryl methyl sites for hydroxylation is 1. The van der Waals surface area contributed by atoms with Crippen LogP contribution in [-0.4, -0.2) is 15.7 Å². The SMILES string of the molecule is Cn1nc(C(=O)Nc2ccccc2F)c2cc(F)ccc21. The van der Waals surface area contributed by atoms with Gasteiger partial charge in [-0.2, -0.15) is 5.10 Å². The number of para-hydroxylation sites is 1. The molecule has 1 N–H and O–H groups in total. The number of carbonyl (C=O) groups is 1. The summed E-state index contributed by atoms with van der Waals surface area (Å²) in [5.41, 5.74) is 0.725. The molecule has 4 nitrogen and oxygen atoms in total. The first-order valence-corrected chi connectivity index (χ1v) is 6.24. The van der Waals surface area contributed by atoms with E-state index in [2.05, 4.69) is 10.4 Å². The molecule has 6 heteroatoms. The van der Waals surface area contributed by atoms with Crippen molar-refractivity contribution in [2.24, 2.45) is 7.05 Å². The lowest BCUT2D eigenvalue weighted by molar-refractivity contribution is 0.102. The predicted octanol–water partition coefficient (Wildman–Crippen LogP) is 3.10. The molecule has 0 spiro atoms. The van der Waals surface area contributed by atoms with E-state index in [9.17, 15) is 13.6 Å². The van der Waals surface area contributed by atoms with Gasteiger partial charge in [0.05, 0.1) is 11.2 Å². The van der Waals surface area contributed by atoms with Gasteiger partial charge in [0.1, 0.15) is 11.6 Å². The minimum absolute atomic E-state index is 0.0512. The number of hydrogen-bond donors (Lipinski definition) is 1. The maximum atomic E-state index is 13.5. The van der Waals surface area contributed by atoms with E-state index >= 15 is 0 Å². The molecular formula is C15H11F2N3O. The molecule has 0 bridgehead atoms. The van der Waals surface area contributed by atoms with Gasteiger partial charge in [0.25, 0.3) is 5.91 Å². The van der Waals surface area contributed by atoms with Gasteiger partial charge in [-0.15, -0.1) is 0 Å². The summed E-state index contributed by atoms with van der Waals surface area (Å²) >= 11 is 0. The molecule has 21 heavy (non-hydrogen) atoms. The minimum Gasteiger partial charge on any atom is -0.318 e. The molecule has 0 fully saturated rings. The summed E-state index contributed by atoms with van der Waals surface area (Å²) in [6.07, 6.45) is 0. The van der Waals surface area contributed by atoms with Crippen molar-refractivity contribution in [3.63, 3.8) is 0 Å². The summed E-state index contributed by atoms with van der Waals surface area (Å²) in [5.74, 6) is -1.59. The Balaban J connectivity index is 2.02. The molecule has 0 saturated carbocycles. The van der Waals surface area contributed by atoms with Crippen molar-refractivity contribution < 1.29 is 13.6 Å². The Morgan fingerprint density at radius 1 is 1.19 bits per heavy atom. The Morgan fingerprint density at radius 3 is 2.71 bits per heavy atom. The van der Waals surface area contributed by atoms with E-state index in [0.29, 0.717) is 10.9 Å². The van der Waals surface area contributed by atoms with Crippen LogP contribution in [0.4, 0.5) is 14.5 Å². The number of amides is 1. The summed E-state index contributed by atoms with van der Waals surface area (Å²) in [6.45, 7) is 0. The van der Waals surface area contributed by atoms with Crippen LogP contribution in [0.25, 0.3) is 10.9 Å². The van der Waals surface area contributed by atoms with Crippen LogP contribution < -0.4 is 5.32 Å². The van der Waals surface area contributed by atoms with Gasteiger partial charge in [0, 0.05) is 12.4 Å². The third-order valence-electron chi connectivity index (χ3n) is 3.15. The standard InChI is InChI=1S/C15H11F2N3O/c1-20-13-7-6-9(16)8-10(13)14(19-20)15(21)18-12-5-3-2-4-11(12)17/h2-8H,1H3,(H,18,21). The molecule has 0 aliphatic rings. The Bertz CT molecular complexity index is 842. The van der Waals surface area contributed by atoms with Gasteiger partial charge >= 0.3 is 0 Å². The molecule has 3 rings (SSSR count). The van der Waals surface area contributed by atoms with Crippen molar-refractivity contribution in [3.05, 3.63) is 59.8 Å². The zero-order valence-electron chi connectivity index (χ0n) is 11.1. The zero-order valence-corrected chi connectivity index (χ0v) is 11.1. The first-order valence-electron chi connectivity index (χ1n) is 6.24. The van der Waals surface area contributed by atoms with E-state index in [1.807, 2.05) is 0 Å². The normalized spacial score (nSPS) is 10.8. The van der Waals surface area contributed by atoms with Crippen molar-refractivity contribution in [1.82, 2.24) is 9.78 Å². The average molecular weight is 287 g/mol. The summed E-state index contributed by atoms with van der Waals surface area (Å²) < 4.78 is 28.4. The highest BCUT2D eigenvalue weighted by Gasteiger charge is 2.17. The van der Waals surface area contributed by atoms with Gasteiger partial charge in [-0.25, -0.2) is 8.78 Å². The van der Waals surface area contributed by atoms with Crippen LogP contribution in [0.1, 0.15) is 10.5 Å². The van der Waals surface area contributed by atoms with Crippen molar-refractivity contribution in [3.8, 4) is 0 Å². The van der Waals surface area contributed by atoms with E-state index in [-0.39, 0.29) is 11.4 Å². The lowest BCUT2D eigenvalue weighted by Gasteiger charge is -2.04. The van der Waals surface area contributed by atoms with Crippen LogP contribution in [0, 0.1) is 11.6 Å². The molecule has 1 aromatic heterocycles. The highest BCUT2D eigenvalue weighted by Crippen LogP contribution is 2.21. The van der Waals surface area contributed by atoms with Crippen LogP contribution in [0.5, 0.6) is 0 Å². The average Bonchev–Trinajstić information content (AvgIpc) is 2.78. The predicted molar refractivity (Wildman–Crippen MR) is 75.0 cm³/mol. The van der Waals surface area contributed by atoms with Gasteiger partial charge in [-0.05, 0) is 30.3 Å².